The number of aryl methyl sites for hydroxylation is 4. The predicted molar refractivity (Wildman–Crippen MR) is 139 cm³/mol. The number of carbonyl (C=O) groups excluding carboxylic acids is 2. The summed E-state index contributed by atoms with van der Waals surface area (Å²) >= 11 is 6.02. The zero-order valence-corrected chi connectivity index (χ0v) is 21.1. The van der Waals surface area contributed by atoms with Crippen molar-refractivity contribution in [2.45, 2.75) is 27.7 Å². The highest BCUT2D eigenvalue weighted by atomic mass is 35.5. The Morgan fingerprint density at radius 1 is 0.778 bits per heavy atom. The molecule has 2 aromatic carbocycles. The van der Waals surface area contributed by atoms with Crippen molar-refractivity contribution >= 4 is 40.4 Å². The molecule has 7 nitrogen and oxygen atoms in total. The van der Waals surface area contributed by atoms with Crippen LogP contribution < -0.4 is 15.0 Å². The number of pyridine rings is 1. The van der Waals surface area contributed by atoms with Crippen LogP contribution in [0.5, 0.6) is 0 Å². The van der Waals surface area contributed by atoms with E-state index >= 15 is 0 Å². The molecule has 0 saturated heterocycles. The minimum absolute atomic E-state index is 0.0583. The van der Waals surface area contributed by atoms with Crippen LogP contribution in [0.25, 0.3) is 17.0 Å². The van der Waals surface area contributed by atoms with Crippen molar-refractivity contribution in [3.8, 4) is 5.69 Å². The third-order valence-electron chi connectivity index (χ3n) is 6.12. The molecular formula is C28H24ClN4O3+. The summed E-state index contributed by atoms with van der Waals surface area (Å²) in [7, 11) is 0. The molecule has 3 heterocycles. The van der Waals surface area contributed by atoms with Crippen molar-refractivity contribution < 1.29 is 14.2 Å². The van der Waals surface area contributed by atoms with Gasteiger partial charge in [-0.3, -0.25) is 19.5 Å². The normalized spacial score (nSPS) is 13.8. The number of benzene rings is 2. The standard InChI is InChI=1S/C28H23ClN4O3/c1-16-6-5-7-22(13-16)32-26(34)24(25(28(32)36)31-14-17(2)12-18(3)15-31)23-19(4)30-33(27(23)35)21-10-8-20(29)9-11-21/h5-15H,1-4H3/p+1. The Kier molecular flexibility index (Phi) is 5.73. The molecule has 1 N–H and O–H groups in total. The molecule has 4 aromatic rings. The van der Waals surface area contributed by atoms with Gasteiger partial charge in [0.25, 0.3) is 17.2 Å². The quantitative estimate of drug-likeness (QED) is 0.336. The summed E-state index contributed by atoms with van der Waals surface area (Å²) in [5.41, 5.74) is 4.14. The predicted octanol–water partition coefficient (Wildman–Crippen LogP) is 4.28. The number of nitrogens with zero attached hydrogens (tertiary/aromatic N) is 3. The van der Waals surface area contributed by atoms with Crippen LogP contribution in [0.1, 0.15) is 27.9 Å². The van der Waals surface area contributed by atoms with Crippen molar-refractivity contribution in [2.75, 3.05) is 4.90 Å². The number of rotatable bonds is 4. The minimum atomic E-state index is -0.547. The third-order valence-corrected chi connectivity index (χ3v) is 6.38. The van der Waals surface area contributed by atoms with Crippen LogP contribution in [0.15, 0.2) is 71.8 Å². The highest BCUT2D eigenvalue weighted by Crippen LogP contribution is 2.33. The molecule has 5 rings (SSSR count). The number of aromatic nitrogens is 3. The topological polar surface area (TPSA) is 79.1 Å². The Balaban J connectivity index is 1.78. The summed E-state index contributed by atoms with van der Waals surface area (Å²) in [6, 6.07) is 15.9. The van der Waals surface area contributed by atoms with Gasteiger partial charge in [-0.15, -0.1) is 0 Å². The summed E-state index contributed by atoms with van der Waals surface area (Å²) in [5.74, 6) is -1.04. The number of imide groups is 1. The van der Waals surface area contributed by atoms with Gasteiger partial charge in [0, 0.05) is 21.8 Å². The van der Waals surface area contributed by atoms with Crippen molar-refractivity contribution in [3.05, 3.63) is 110 Å². The Labute approximate surface area is 212 Å². The van der Waals surface area contributed by atoms with Crippen LogP contribution in [0.3, 0.4) is 0 Å². The zero-order valence-electron chi connectivity index (χ0n) is 20.3. The van der Waals surface area contributed by atoms with Crippen LogP contribution in [0.2, 0.25) is 5.02 Å². The molecule has 180 valence electrons. The van der Waals surface area contributed by atoms with Crippen molar-refractivity contribution in [1.82, 2.24) is 9.78 Å². The third kappa shape index (κ3) is 3.87. The van der Waals surface area contributed by atoms with Gasteiger partial charge in [-0.05, 0) is 75.7 Å². The first-order valence-corrected chi connectivity index (χ1v) is 11.8. The molecule has 2 amide bonds. The maximum atomic E-state index is 13.9. The molecule has 36 heavy (non-hydrogen) atoms. The summed E-state index contributed by atoms with van der Waals surface area (Å²) in [6.45, 7) is 7.44. The summed E-state index contributed by atoms with van der Waals surface area (Å²) < 4.78 is 3.00. The maximum Gasteiger partial charge on any atom is 0.331 e. The Hall–Kier alpha value is -4.23. The molecule has 8 heteroatoms. The van der Waals surface area contributed by atoms with E-state index in [2.05, 4.69) is 5.10 Å². The first-order valence-electron chi connectivity index (χ1n) is 11.4. The fourth-order valence-corrected chi connectivity index (χ4v) is 4.76. The van der Waals surface area contributed by atoms with Gasteiger partial charge in [-0.2, -0.15) is 4.57 Å². The summed E-state index contributed by atoms with van der Waals surface area (Å²) in [5, 5.41) is 3.59. The molecule has 0 radical (unpaired) electrons. The molecule has 0 bridgehead atoms. The maximum absolute atomic E-state index is 13.9. The van der Waals surface area contributed by atoms with Gasteiger partial charge in [0.1, 0.15) is 5.57 Å². The average molecular weight is 500 g/mol. The second-order valence-corrected chi connectivity index (χ2v) is 9.47. The average Bonchev–Trinajstić information content (AvgIpc) is 3.24. The van der Waals surface area contributed by atoms with E-state index in [1.165, 1.54) is 4.68 Å². The number of nitrogens with one attached hydrogen (secondary N) is 1. The first kappa shape index (κ1) is 23.5. The SMILES string of the molecule is Cc1cccc(N2C(=O)C(c3c(C)[nH]n(-c4ccc(Cl)cc4)c3=O)=C([n+]3cc(C)cc(C)c3)C2=O)c1. The molecule has 0 unspecified atom stereocenters. The highest BCUT2D eigenvalue weighted by molar-refractivity contribution is 6.53. The van der Waals surface area contributed by atoms with Gasteiger partial charge in [0.15, 0.2) is 12.4 Å². The fourth-order valence-electron chi connectivity index (χ4n) is 4.64. The van der Waals surface area contributed by atoms with Crippen molar-refractivity contribution in [1.29, 1.82) is 0 Å². The highest BCUT2D eigenvalue weighted by Gasteiger charge is 2.48. The fraction of sp³-hybridized carbons (Fsp3) is 0.143. The van der Waals surface area contributed by atoms with Crippen LogP contribution in [-0.4, -0.2) is 21.6 Å². The van der Waals surface area contributed by atoms with Gasteiger partial charge >= 0.3 is 5.91 Å². The van der Waals surface area contributed by atoms with Crippen molar-refractivity contribution in [3.63, 3.8) is 0 Å². The lowest BCUT2D eigenvalue weighted by Crippen LogP contribution is -2.40. The molecule has 1 aliphatic rings. The number of amides is 2. The van der Waals surface area contributed by atoms with Gasteiger partial charge < -0.3 is 0 Å². The zero-order chi connectivity index (χ0) is 25.7. The molecular weight excluding hydrogens is 476 g/mol. The van der Waals surface area contributed by atoms with E-state index in [0.29, 0.717) is 22.1 Å². The van der Waals surface area contributed by atoms with E-state index in [1.807, 2.05) is 32.9 Å². The second-order valence-electron chi connectivity index (χ2n) is 9.03. The van der Waals surface area contributed by atoms with Gasteiger partial charge in [0.2, 0.25) is 0 Å². The van der Waals surface area contributed by atoms with E-state index in [9.17, 15) is 14.4 Å². The lowest BCUT2D eigenvalue weighted by molar-refractivity contribution is -0.577. The largest absolute Gasteiger partial charge is 0.331 e. The minimum Gasteiger partial charge on any atom is -0.295 e. The van der Waals surface area contributed by atoms with E-state index < -0.39 is 17.4 Å². The van der Waals surface area contributed by atoms with Gasteiger partial charge in [-0.1, -0.05) is 23.7 Å². The van der Waals surface area contributed by atoms with E-state index in [-0.39, 0.29) is 16.8 Å². The molecule has 0 aliphatic carbocycles. The number of anilines is 1. The lowest BCUT2D eigenvalue weighted by Gasteiger charge is -2.14. The van der Waals surface area contributed by atoms with E-state index in [0.717, 1.165) is 21.6 Å². The smallest absolute Gasteiger partial charge is 0.295 e. The molecule has 2 aromatic heterocycles. The molecule has 1 aliphatic heterocycles. The Bertz CT molecular complexity index is 1620. The first-order chi connectivity index (χ1) is 17.2. The van der Waals surface area contributed by atoms with Gasteiger partial charge in [0.05, 0.1) is 16.9 Å². The number of carbonyl (C=O) groups is 2. The summed E-state index contributed by atoms with van der Waals surface area (Å²) in [4.78, 5) is 42.6. The number of aromatic amines is 1. The number of halogens is 1. The Morgan fingerprint density at radius 2 is 1.44 bits per heavy atom. The number of hydrogen-bond acceptors (Lipinski definition) is 3. The lowest BCUT2D eigenvalue weighted by atomic mass is 10.0. The number of hydrogen-bond donors (Lipinski definition) is 1. The molecule has 0 saturated carbocycles. The summed E-state index contributed by atoms with van der Waals surface area (Å²) in [6.07, 6.45) is 3.57. The van der Waals surface area contributed by atoms with Crippen molar-refractivity contribution in [2.24, 2.45) is 0 Å². The van der Waals surface area contributed by atoms with Crippen LogP contribution >= 0.6 is 11.6 Å². The number of H-pyrrole nitrogens is 1. The van der Waals surface area contributed by atoms with E-state index in [4.69, 9.17) is 11.6 Å². The molecule has 0 spiro atoms. The van der Waals surface area contributed by atoms with E-state index in [1.54, 1.807) is 66.3 Å². The molecule has 0 fully saturated rings. The van der Waals surface area contributed by atoms with Crippen LogP contribution in [0, 0.1) is 27.7 Å². The molecule has 0 atom stereocenters. The second kappa shape index (κ2) is 8.77. The van der Waals surface area contributed by atoms with Gasteiger partial charge in [-0.25, -0.2) is 9.58 Å². The Morgan fingerprint density at radius 3 is 2.08 bits per heavy atom. The monoisotopic (exact) mass is 499 g/mol. The van der Waals surface area contributed by atoms with Crippen LogP contribution in [0.4, 0.5) is 5.69 Å². The van der Waals surface area contributed by atoms with Crippen LogP contribution in [-0.2, 0) is 9.59 Å².